The molecule has 19 heavy (non-hydrogen) atoms. The van der Waals surface area contributed by atoms with E-state index in [4.69, 9.17) is 0 Å². The van der Waals surface area contributed by atoms with Crippen LogP contribution in [-0.2, 0) is 19.9 Å². The van der Waals surface area contributed by atoms with Gasteiger partial charge in [-0.2, -0.15) is 0 Å². The highest BCUT2D eigenvalue weighted by molar-refractivity contribution is 7.98. The molecule has 0 unspecified atom stereocenters. The van der Waals surface area contributed by atoms with E-state index in [9.17, 15) is 16.8 Å². The molecule has 0 bridgehead atoms. The molecule has 1 aromatic carbocycles. The highest BCUT2D eigenvalue weighted by atomic mass is 32.2. The van der Waals surface area contributed by atoms with Crippen LogP contribution in [0.3, 0.4) is 0 Å². The normalized spacial score (nSPS) is 21.6. The van der Waals surface area contributed by atoms with Crippen molar-refractivity contribution in [1.29, 1.82) is 0 Å². The summed E-state index contributed by atoms with van der Waals surface area (Å²) in [5.74, 6) is -0.227. The van der Waals surface area contributed by atoms with Gasteiger partial charge in [-0.25, -0.2) is 21.6 Å². The van der Waals surface area contributed by atoms with Crippen molar-refractivity contribution in [3.05, 3.63) is 35.7 Å². The van der Waals surface area contributed by atoms with Crippen molar-refractivity contribution in [1.82, 2.24) is 4.72 Å². The summed E-state index contributed by atoms with van der Waals surface area (Å²) in [7, 11) is -6.97. The van der Waals surface area contributed by atoms with Crippen LogP contribution in [0.4, 0.5) is 0 Å². The zero-order valence-corrected chi connectivity index (χ0v) is 12.6. The second-order valence-electron chi connectivity index (χ2n) is 4.06. The lowest BCUT2D eigenvalue weighted by molar-refractivity contribution is 0.575. The molecular formula is C11H13NO4S3. The average Bonchev–Trinajstić information content (AvgIpc) is 2.68. The van der Waals surface area contributed by atoms with E-state index in [-0.39, 0.29) is 10.6 Å². The molecule has 0 fully saturated rings. The Morgan fingerprint density at radius 1 is 1.26 bits per heavy atom. The van der Waals surface area contributed by atoms with Crippen LogP contribution in [0.2, 0.25) is 0 Å². The van der Waals surface area contributed by atoms with Crippen LogP contribution in [-0.4, -0.2) is 34.9 Å². The molecule has 0 spiro atoms. The number of thioether (sulfide) groups is 1. The fourth-order valence-electron chi connectivity index (χ4n) is 1.67. The van der Waals surface area contributed by atoms with Gasteiger partial charge in [-0.1, -0.05) is 6.08 Å². The monoisotopic (exact) mass is 319 g/mol. The third kappa shape index (κ3) is 3.59. The van der Waals surface area contributed by atoms with Gasteiger partial charge in [0.1, 0.15) is 0 Å². The number of benzene rings is 1. The minimum atomic E-state index is -3.69. The average molecular weight is 319 g/mol. The van der Waals surface area contributed by atoms with E-state index in [1.165, 1.54) is 30.0 Å². The first-order chi connectivity index (χ1) is 8.82. The largest absolute Gasteiger partial charge is 0.241 e. The summed E-state index contributed by atoms with van der Waals surface area (Å²) < 4.78 is 48.9. The van der Waals surface area contributed by atoms with Crippen LogP contribution in [0.5, 0.6) is 0 Å². The molecule has 8 heteroatoms. The molecule has 1 aromatic rings. The first-order valence-electron chi connectivity index (χ1n) is 5.40. The van der Waals surface area contributed by atoms with Gasteiger partial charge in [-0.05, 0) is 30.5 Å². The maximum absolute atomic E-state index is 12.1. The first-order valence-corrected chi connectivity index (χ1v) is 9.82. The maximum Gasteiger partial charge on any atom is 0.241 e. The van der Waals surface area contributed by atoms with E-state index in [1.54, 1.807) is 12.1 Å². The van der Waals surface area contributed by atoms with Crippen molar-refractivity contribution < 1.29 is 16.8 Å². The highest BCUT2D eigenvalue weighted by Crippen LogP contribution is 2.18. The van der Waals surface area contributed by atoms with Crippen LogP contribution in [0.15, 0.2) is 45.5 Å². The number of rotatable bonds is 4. The van der Waals surface area contributed by atoms with Gasteiger partial charge in [-0.15, -0.1) is 11.8 Å². The predicted octanol–water partition coefficient (Wildman–Crippen LogP) is 0.998. The molecule has 2 rings (SSSR count). The Hall–Kier alpha value is -0.830. The molecule has 1 aliphatic rings. The summed E-state index contributed by atoms with van der Waals surface area (Å²) in [6, 6.07) is 5.72. The van der Waals surface area contributed by atoms with E-state index in [0.29, 0.717) is 0 Å². The molecule has 5 nitrogen and oxygen atoms in total. The molecule has 1 N–H and O–H groups in total. The number of hydrogen-bond donors (Lipinski definition) is 1. The van der Waals surface area contributed by atoms with Crippen molar-refractivity contribution >= 4 is 31.6 Å². The van der Waals surface area contributed by atoms with Crippen LogP contribution >= 0.6 is 11.8 Å². The smallest absolute Gasteiger partial charge is 0.224 e. The molecule has 0 aliphatic carbocycles. The minimum absolute atomic E-state index is 0.128. The molecule has 104 valence electrons. The Labute approximate surface area is 117 Å². The van der Waals surface area contributed by atoms with E-state index in [1.807, 2.05) is 6.26 Å². The minimum Gasteiger partial charge on any atom is -0.224 e. The SMILES string of the molecule is CSc1ccc(S(=O)(=O)N[C@@H]2C=CS(=O)(=O)C2)cc1. The van der Waals surface area contributed by atoms with Crippen molar-refractivity contribution in [3.63, 3.8) is 0 Å². The van der Waals surface area contributed by atoms with Gasteiger partial charge in [0.15, 0.2) is 9.84 Å². The lowest BCUT2D eigenvalue weighted by Crippen LogP contribution is -2.35. The molecule has 1 aliphatic heterocycles. The van der Waals surface area contributed by atoms with Crippen molar-refractivity contribution in [3.8, 4) is 0 Å². The Kier molecular flexibility index (Phi) is 4.05. The van der Waals surface area contributed by atoms with E-state index in [0.717, 1.165) is 10.3 Å². The Morgan fingerprint density at radius 2 is 1.89 bits per heavy atom. The molecule has 0 saturated carbocycles. The molecular weight excluding hydrogens is 306 g/mol. The molecule has 1 heterocycles. The summed E-state index contributed by atoms with van der Waals surface area (Å²) in [5, 5.41) is 1.04. The van der Waals surface area contributed by atoms with Crippen LogP contribution in [0.1, 0.15) is 0 Å². The number of sulfone groups is 1. The van der Waals surface area contributed by atoms with E-state index >= 15 is 0 Å². The van der Waals surface area contributed by atoms with E-state index < -0.39 is 25.9 Å². The van der Waals surface area contributed by atoms with Gasteiger partial charge in [0.25, 0.3) is 0 Å². The highest BCUT2D eigenvalue weighted by Gasteiger charge is 2.26. The van der Waals surface area contributed by atoms with Gasteiger partial charge < -0.3 is 0 Å². The molecule has 0 amide bonds. The quantitative estimate of drug-likeness (QED) is 0.837. The topological polar surface area (TPSA) is 80.3 Å². The maximum atomic E-state index is 12.1. The summed E-state index contributed by atoms with van der Waals surface area (Å²) in [6.45, 7) is 0. The number of nitrogens with one attached hydrogen (secondary N) is 1. The van der Waals surface area contributed by atoms with Crippen molar-refractivity contribution in [2.45, 2.75) is 15.8 Å². The van der Waals surface area contributed by atoms with Crippen LogP contribution in [0, 0.1) is 0 Å². The lowest BCUT2D eigenvalue weighted by atomic mass is 10.4. The molecule has 0 saturated heterocycles. The Bertz CT molecular complexity index is 690. The Balaban J connectivity index is 2.17. The summed E-state index contributed by atoms with van der Waals surface area (Å²) in [4.78, 5) is 1.09. The zero-order valence-electron chi connectivity index (χ0n) is 10.1. The molecule has 0 radical (unpaired) electrons. The van der Waals surface area contributed by atoms with Gasteiger partial charge in [0, 0.05) is 10.3 Å². The Morgan fingerprint density at radius 3 is 2.37 bits per heavy atom. The fraction of sp³-hybridized carbons (Fsp3) is 0.273. The fourth-order valence-corrected chi connectivity index (χ4v) is 4.61. The van der Waals surface area contributed by atoms with Crippen LogP contribution < -0.4 is 4.72 Å². The third-order valence-corrected chi connectivity index (χ3v) is 6.25. The summed E-state index contributed by atoms with van der Waals surface area (Å²) in [6.07, 6.45) is 3.25. The van der Waals surface area contributed by atoms with Gasteiger partial charge in [0.2, 0.25) is 10.0 Å². The summed E-state index contributed by atoms with van der Waals surface area (Å²) in [5.41, 5.74) is 0. The standard InChI is InChI=1S/C11H13NO4S3/c1-17-10-2-4-11(5-3-10)19(15,16)12-9-6-7-18(13,14)8-9/h2-7,9,12H,8H2,1H3/t9-/m1/s1. The number of sulfonamides is 1. The zero-order chi connectivity index (χ0) is 14.1. The second kappa shape index (κ2) is 5.28. The van der Waals surface area contributed by atoms with E-state index in [2.05, 4.69) is 4.72 Å². The van der Waals surface area contributed by atoms with Gasteiger partial charge in [-0.3, -0.25) is 0 Å². The lowest BCUT2D eigenvalue weighted by Gasteiger charge is -2.11. The van der Waals surface area contributed by atoms with Gasteiger partial charge >= 0.3 is 0 Å². The van der Waals surface area contributed by atoms with Gasteiger partial charge in [0.05, 0.1) is 16.7 Å². The first kappa shape index (κ1) is 14.6. The van der Waals surface area contributed by atoms with Crippen LogP contribution in [0.25, 0.3) is 0 Å². The van der Waals surface area contributed by atoms with Crippen molar-refractivity contribution in [2.75, 3.05) is 12.0 Å². The molecule has 0 aromatic heterocycles. The third-order valence-electron chi connectivity index (χ3n) is 2.61. The second-order valence-corrected chi connectivity index (χ2v) is 8.59. The predicted molar refractivity (Wildman–Crippen MR) is 75.3 cm³/mol. The molecule has 1 atom stereocenters. The van der Waals surface area contributed by atoms with Crippen molar-refractivity contribution in [2.24, 2.45) is 0 Å². The summed E-state index contributed by atoms with van der Waals surface area (Å²) >= 11 is 1.52. The number of hydrogen-bond acceptors (Lipinski definition) is 5.